The summed E-state index contributed by atoms with van der Waals surface area (Å²) in [5, 5.41) is 12.5. The minimum Gasteiger partial charge on any atom is -0.325 e. The number of rotatable bonds is 7. The van der Waals surface area contributed by atoms with Crippen LogP contribution in [0.25, 0.3) is 0 Å². The minimum absolute atomic E-state index is 0.00701. The number of carbonyl (C=O) groups is 1. The van der Waals surface area contributed by atoms with Gasteiger partial charge in [0.2, 0.25) is 5.91 Å². The van der Waals surface area contributed by atoms with E-state index in [2.05, 4.69) is 39.1 Å². The average Bonchev–Trinajstić information content (AvgIpc) is 3.54. The monoisotopic (exact) mass is 356 g/mol. The summed E-state index contributed by atoms with van der Waals surface area (Å²) in [5.74, 6) is 1.73. The summed E-state index contributed by atoms with van der Waals surface area (Å²) in [7, 11) is 0. The van der Waals surface area contributed by atoms with Crippen LogP contribution in [0.4, 0.5) is 5.69 Å². The van der Waals surface area contributed by atoms with E-state index in [0.717, 1.165) is 23.1 Å². The number of aryl methyl sites for hydroxylation is 1. The molecule has 1 N–H and O–H groups in total. The number of anilines is 1. The zero-order valence-electron chi connectivity index (χ0n) is 14.7. The second-order valence-corrected chi connectivity index (χ2v) is 8.32. The van der Waals surface area contributed by atoms with Crippen LogP contribution >= 0.6 is 11.8 Å². The Morgan fingerprint density at radius 2 is 1.96 bits per heavy atom. The minimum atomic E-state index is -0.209. The Hall–Kier alpha value is -1.82. The number of carbonyl (C=O) groups excluding carboxylic acids is 1. The molecule has 2 aromatic rings. The van der Waals surface area contributed by atoms with Gasteiger partial charge in [0.1, 0.15) is 5.82 Å². The summed E-state index contributed by atoms with van der Waals surface area (Å²) in [6.07, 6.45) is 5.85. The van der Waals surface area contributed by atoms with Crippen LogP contribution in [0, 0.1) is 0 Å². The van der Waals surface area contributed by atoms with E-state index in [9.17, 15) is 4.79 Å². The van der Waals surface area contributed by atoms with Gasteiger partial charge < -0.3 is 9.88 Å². The lowest BCUT2D eigenvalue weighted by Gasteiger charge is -2.13. The standard InChI is InChI=1S/C19H24N4OS/c1-3-13-4-8-15(9-5-13)20-18(24)12(2)25-19-22-21-17(14-6-7-14)23(19)16-10-11-16/h4-5,8-9,12,14,16H,3,6-7,10-11H2,1-2H3,(H,20,24). The predicted octanol–water partition coefficient (Wildman–Crippen LogP) is 4.17. The van der Waals surface area contributed by atoms with Crippen LogP contribution < -0.4 is 5.32 Å². The van der Waals surface area contributed by atoms with E-state index in [-0.39, 0.29) is 11.2 Å². The second-order valence-electron chi connectivity index (χ2n) is 7.02. The highest BCUT2D eigenvalue weighted by Crippen LogP contribution is 2.46. The largest absolute Gasteiger partial charge is 0.325 e. The lowest BCUT2D eigenvalue weighted by atomic mass is 10.1. The predicted molar refractivity (Wildman–Crippen MR) is 100 cm³/mol. The smallest absolute Gasteiger partial charge is 0.237 e. The van der Waals surface area contributed by atoms with Gasteiger partial charge in [-0.15, -0.1) is 10.2 Å². The van der Waals surface area contributed by atoms with Gasteiger partial charge in [0.05, 0.1) is 5.25 Å². The molecular weight excluding hydrogens is 332 g/mol. The number of amides is 1. The van der Waals surface area contributed by atoms with Crippen molar-refractivity contribution >= 4 is 23.4 Å². The molecule has 25 heavy (non-hydrogen) atoms. The molecule has 6 heteroatoms. The third kappa shape index (κ3) is 3.73. The summed E-state index contributed by atoms with van der Waals surface area (Å²) in [6, 6.07) is 8.58. The zero-order valence-corrected chi connectivity index (χ0v) is 15.6. The molecule has 1 atom stereocenters. The average molecular weight is 356 g/mol. The Morgan fingerprint density at radius 1 is 1.24 bits per heavy atom. The van der Waals surface area contributed by atoms with E-state index in [4.69, 9.17) is 0 Å². The van der Waals surface area contributed by atoms with Gasteiger partial charge in [-0.1, -0.05) is 30.8 Å². The number of hydrogen-bond donors (Lipinski definition) is 1. The lowest BCUT2D eigenvalue weighted by Crippen LogP contribution is -2.23. The molecular formula is C19H24N4OS. The summed E-state index contributed by atoms with van der Waals surface area (Å²) in [6.45, 7) is 4.06. The van der Waals surface area contributed by atoms with Crippen molar-refractivity contribution in [3.05, 3.63) is 35.7 Å². The molecule has 2 saturated carbocycles. The lowest BCUT2D eigenvalue weighted by molar-refractivity contribution is -0.115. The SMILES string of the molecule is CCc1ccc(NC(=O)C(C)Sc2nnc(C3CC3)n2C2CC2)cc1. The van der Waals surface area contributed by atoms with E-state index in [1.54, 1.807) is 0 Å². The van der Waals surface area contributed by atoms with Crippen LogP contribution in [0.15, 0.2) is 29.4 Å². The third-order valence-electron chi connectivity index (χ3n) is 4.83. The van der Waals surface area contributed by atoms with Crippen molar-refractivity contribution in [2.75, 3.05) is 5.32 Å². The van der Waals surface area contributed by atoms with Crippen LogP contribution in [0.3, 0.4) is 0 Å². The Balaban J connectivity index is 1.42. The van der Waals surface area contributed by atoms with Crippen molar-refractivity contribution in [3.8, 4) is 0 Å². The first-order valence-electron chi connectivity index (χ1n) is 9.17. The van der Waals surface area contributed by atoms with E-state index in [1.165, 1.54) is 43.0 Å². The first-order valence-corrected chi connectivity index (χ1v) is 10.0. The summed E-state index contributed by atoms with van der Waals surface area (Å²) in [4.78, 5) is 12.5. The van der Waals surface area contributed by atoms with Crippen molar-refractivity contribution in [1.29, 1.82) is 0 Å². The first-order chi connectivity index (χ1) is 12.2. The third-order valence-corrected chi connectivity index (χ3v) is 5.88. The van der Waals surface area contributed by atoms with Gasteiger partial charge in [0.15, 0.2) is 5.16 Å². The van der Waals surface area contributed by atoms with Gasteiger partial charge in [0.25, 0.3) is 0 Å². The molecule has 5 nitrogen and oxygen atoms in total. The molecule has 1 aromatic heterocycles. The van der Waals surface area contributed by atoms with Crippen LogP contribution in [-0.4, -0.2) is 25.9 Å². The molecule has 2 fully saturated rings. The van der Waals surface area contributed by atoms with Crippen molar-refractivity contribution in [3.63, 3.8) is 0 Å². The first kappa shape index (κ1) is 16.6. The fourth-order valence-corrected chi connectivity index (χ4v) is 3.87. The Kier molecular flexibility index (Phi) is 4.54. The molecule has 0 spiro atoms. The normalized spacial score (nSPS) is 18.2. The highest BCUT2D eigenvalue weighted by Gasteiger charge is 2.37. The number of thioether (sulfide) groups is 1. The zero-order chi connectivity index (χ0) is 17.4. The Bertz CT molecular complexity index is 762. The second kappa shape index (κ2) is 6.83. The summed E-state index contributed by atoms with van der Waals surface area (Å²) in [5.41, 5.74) is 2.11. The maximum atomic E-state index is 12.5. The van der Waals surface area contributed by atoms with E-state index in [0.29, 0.717) is 12.0 Å². The molecule has 1 heterocycles. The molecule has 1 aromatic carbocycles. The van der Waals surface area contributed by atoms with Gasteiger partial charge >= 0.3 is 0 Å². The summed E-state index contributed by atoms with van der Waals surface area (Å²) < 4.78 is 2.29. The maximum absolute atomic E-state index is 12.5. The van der Waals surface area contributed by atoms with Crippen molar-refractivity contribution in [1.82, 2.24) is 14.8 Å². The summed E-state index contributed by atoms with van der Waals surface area (Å²) >= 11 is 1.52. The molecule has 0 aliphatic heterocycles. The van der Waals surface area contributed by atoms with Gasteiger partial charge in [-0.05, 0) is 56.7 Å². The van der Waals surface area contributed by atoms with E-state index in [1.807, 2.05) is 19.1 Å². The van der Waals surface area contributed by atoms with Gasteiger partial charge in [-0.25, -0.2) is 0 Å². The molecule has 2 aliphatic rings. The number of nitrogens with one attached hydrogen (secondary N) is 1. The Labute approximate surface area is 152 Å². The molecule has 2 aliphatic carbocycles. The molecule has 132 valence electrons. The molecule has 1 unspecified atom stereocenters. The Morgan fingerprint density at radius 3 is 2.56 bits per heavy atom. The molecule has 1 amide bonds. The van der Waals surface area contributed by atoms with Crippen LogP contribution in [0.1, 0.15) is 62.9 Å². The maximum Gasteiger partial charge on any atom is 0.237 e. The number of benzene rings is 1. The van der Waals surface area contributed by atoms with Crippen LogP contribution in [0.2, 0.25) is 0 Å². The van der Waals surface area contributed by atoms with Crippen LogP contribution in [0.5, 0.6) is 0 Å². The van der Waals surface area contributed by atoms with Crippen molar-refractivity contribution in [2.45, 2.75) is 68.3 Å². The quantitative estimate of drug-likeness (QED) is 0.756. The highest BCUT2D eigenvalue weighted by molar-refractivity contribution is 8.00. The van der Waals surface area contributed by atoms with Crippen molar-refractivity contribution in [2.24, 2.45) is 0 Å². The molecule has 0 saturated heterocycles. The number of hydrogen-bond acceptors (Lipinski definition) is 4. The van der Waals surface area contributed by atoms with Crippen molar-refractivity contribution < 1.29 is 4.79 Å². The fourth-order valence-electron chi connectivity index (χ4n) is 2.94. The van der Waals surface area contributed by atoms with Gasteiger partial charge in [-0.2, -0.15) is 0 Å². The van der Waals surface area contributed by atoms with Gasteiger partial charge in [-0.3, -0.25) is 4.79 Å². The number of aromatic nitrogens is 3. The fraction of sp³-hybridized carbons (Fsp3) is 0.526. The van der Waals surface area contributed by atoms with E-state index >= 15 is 0 Å². The molecule has 4 rings (SSSR count). The van der Waals surface area contributed by atoms with E-state index < -0.39 is 0 Å². The van der Waals surface area contributed by atoms with Gasteiger partial charge in [0, 0.05) is 17.6 Å². The van der Waals surface area contributed by atoms with Crippen LogP contribution in [-0.2, 0) is 11.2 Å². The molecule has 0 radical (unpaired) electrons. The topological polar surface area (TPSA) is 59.8 Å². The highest BCUT2D eigenvalue weighted by atomic mass is 32.2. The molecule has 0 bridgehead atoms. The number of nitrogens with zero attached hydrogens (tertiary/aromatic N) is 3.